The molecule has 0 radical (unpaired) electrons. The Morgan fingerprint density at radius 2 is 2.05 bits per heavy atom. The van der Waals surface area contributed by atoms with E-state index in [0.717, 1.165) is 0 Å². The Morgan fingerprint density at radius 1 is 1.27 bits per heavy atom. The molecule has 0 bridgehead atoms. The van der Waals surface area contributed by atoms with E-state index in [1.807, 2.05) is 0 Å². The molecule has 0 spiro atoms. The third-order valence-electron chi connectivity index (χ3n) is 3.02. The highest BCUT2D eigenvalue weighted by atomic mass is 32.2. The van der Waals surface area contributed by atoms with Crippen molar-refractivity contribution in [1.29, 1.82) is 0 Å². The van der Waals surface area contributed by atoms with E-state index in [1.165, 1.54) is 0 Å². The van der Waals surface area contributed by atoms with E-state index in [2.05, 4.69) is 9.71 Å². The second-order valence-corrected chi connectivity index (χ2v) is 6.60. The molecule has 1 aromatic heterocycles. The van der Waals surface area contributed by atoms with E-state index < -0.39 is 15.9 Å². The molecule has 3 N–H and O–H groups in total. The van der Waals surface area contributed by atoms with Crippen LogP contribution in [0.25, 0.3) is 11.1 Å². The van der Waals surface area contributed by atoms with Gasteiger partial charge in [-0.1, -0.05) is 19.1 Å². The van der Waals surface area contributed by atoms with Gasteiger partial charge in [0.05, 0.1) is 11.4 Å². The topological polar surface area (TPSA) is 102 Å². The summed E-state index contributed by atoms with van der Waals surface area (Å²) in [4.78, 5) is 15.7. The monoisotopic (exact) mass is 319 g/mol. The average Bonchev–Trinajstić information content (AvgIpc) is 2.47. The first-order valence-electron chi connectivity index (χ1n) is 6.78. The van der Waals surface area contributed by atoms with E-state index in [0.29, 0.717) is 23.2 Å². The lowest BCUT2D eigenvalue weighted by Gasteiger charge is -2.15. The second kappa shape index (κ2) is 6.57. The van der Waals surface area contributed by atoms with Crippen molar-refractivity contribution in [2.24, 2.45) is 5.73 Å². The number of sulfonamides is 1. The van der Waals surface area contributed by atoms with E-state index in [1.54, 1.807) is 49.6 Å². The third kappa shape index (κ3) is 3.62. The third-order valence-corrected chi connectivity index (χ3v) is 4.50. The fourth-order valence-corrected chi connectivity index (χ4v) is 3.30. The number of primary amides is 1. The molecule has 0 aliphatic rings. The first kappa shape index (κ1) is 16.0. The summed E-state index contributed by atoms with van der Waals surface area (Å²) < 4.78 is 26.6. The summed E-state index contributed by atoms with van der Waals surface area (Å²) in [5, 5.41) is 0. The van der Waals surface area contributed by atoms with Crippen LogP contribution in [0.4, 0.5) is 5.69 Å². The fraction of sp³-hybridized carbons (Fsp3) is 0.200. The molecule has 0 saturated carbocycles. The Balaban J connectivity index is 2.60. The van der Waals surface area contributed by atoms with Crippen molar-refractivity contribution in [3.8, 4) is 11.1 Å². The molecule has 22 heavy (non-hydrogen) atoms. The van der Waals surface area contributed by atoms with Crippen molar-refractivity contribution in [3.05, 3.63) is 48.3 Å². The maximum atomic E-state index is 12.0. The zero-order chi connectivity index (χ0) is 16.2. The maximum Gasteiger partial charge on any atom is 0.249 e. The van der Waals surface area contributed by atoms with Crippen LogP contribution in [0.5, 0.6) is 0 Å². The number of hydrogen-bond acceptors (Lipinski definition) is 4. The second-order valence-electron chi connectivity index (χ2n) is 4.76. The average molecular weight is 319 g/mol. The number of nitrogens with zero attached hydrogens (tertiary/aromatic N) is 1. The Morgan fingerprint density at radius 3 is 2.64 bits per heavy atom. The summed E-state index contributed by atoms with van der Waals surface area (Å²) in [5.74, 6) is -0.629. The molecule has 2 aromatic rings. The maximum absolute atomic E-state index is 12.0. The molecule has 1 amide bonds. The van der Waals surface area contributed by atoms with E-state index in [9.17, 15) is 13.2 Å². The number of pyridine rings is 1. The molecule has 0 unspecified atom stereocenters. The number of amides is 1. The Kier molecular flexibility index (Phi) is 4.77. The molecule has 1 aromatic carbocycles. The highest BCUT2D eigenvalue weighted by Gasteiger charge is 2.18. The van der Waals surface area contributed by atoms with E-state index >= 15 is 0 Å². The van der Waals surface area contributed by atoms with Crippen LogP contribution in [0.1, 0.15) is 23.7 Å². The van der Waals surface area contributed by atoms with Gasteiger partial charge in [-0.2, -0.15) is 0 Å². The number of carbonyl (C=O) groups excluding carboxylic acids is 1. The minimum absolute atomic E-state index is 0.000277. The predicted octanol–water partition coefficient (Wildman–Crippen LogP) is 2.00. The number of carbonyl (C=O) groups is 1. The lowest BCUT2D eigenvalue weighted by Crippen LogP contribution is -2.19. The number of rotatable bonds is 6. The van der Waals surface area contributed by atoms with Crippen LogP contribution in [0, 0.1) is 0 Å². The van der Waals surface area contributed by atoms with Crippen LogP contribution in [0.3, 0.4) is 0 Å². The molecule has 0 atom stereocenters. The van der Waals surface area contributed by atoms with E-state index in [4.69, 9.17) is 5.73 Å². The molecule has 0 fully saturated rings. The predicted molar refractivity (Wildman–Crippen MR) is 85.9 cm³/mol. The molecule has 0 aliphatic heterocycles. The molecule has 0 saturated heterocycles. The number of hydrogen-bond donors (Lipinski definition) is 2. The van der Waals surface area contributed by atoms with Gasteiger partial charge in [0.25, 0.3) is 0 Å². The van der Waals surface area contributed by atoms with Crippen LogP contribution in [0.15, 0.2) is 42.7 Å². The van der Waals surface area contributed by atoms with Crippen LogP contribution in [-0.4, -0.2) is 25.1 Å². The van der Waals surface area contributed by atoms with Crippen LogP contribution < -0.4 is 10.5 Å². The Hall–Kier alpha value is -2.41. The first-order valence-corrected chi connectivity index (χ1v) is 8.43. The fourth-order valence-electron chi connectivity index (χ4n) is 2.15. The van der Waals surface area contributed by atoms with Crippen LogP contribution >= 0.6 is 0 Å². The standard InChI is InChI=1S/C15H17N3O3S/c1-2-9-22(20,21)18-13-7-3-6-12(15(16)19)14(13)11-5-4-8-17-10-11/h3-8,10,18H,2,9H2,1H3,(H2,16,19). The van der Waals surface area contributed by atoms with E-state index in [-0.39, 0.29) is 11.3 Å². The minimum Gasteiger partial charge on any atom is -0.366 e. The van der Waals surface area contributed by atoms with Gasteiger partial charge in [-0.25, -0.2) is 8.42 Å². The summed E-state index contributed by atoms with van der Waals surface area (Å²) in [6, 6.07) is 8.19. The zero-order valence-corrected chi connectivity index (χ0v) is 12.9. The van der Waals surface area contributed by atoms with Crippen LogP contribution in [0.2, 0.25) is 0 Å². The lowest BCUT2D eigenvalue weighted by atomic mass is 9.99. The molecule has 7 heteroatoms. The van der Waals surface area contributed by atoms with Gasteiger partial charge in [0.1, 0.15) is 0 Å². The van der Waals surface area contributed by atoms with Crippen molar-refractivity contribution in [3.63, 3.8) is 0 Å². The molecule has 1 heterocycles. The summed E-state index contributed by atoms with van der Waals surface area (Å²) in [6.07, 6.45) is 3.64. The van der Waals surface area contributed by atoms with Crippen molar-refractivity contribution in [1.82, 2.24) is 4.98 Å². The SMILES string of the molecule is CCCS(=O)(=O)Nc1cccc(C(N)=O)c1-c1cccnc1. The minimum atomic E-state index is -3.48. The van der Waals surface area contributed by atoms with Gasteiger partial charge in [-0.15, -0.1) is 0 Å². The molecule has 0 aliphatic carbocycles. The highest BCUT2D eigenvalue weighted by molar-refractivity contribution is 7.92. The number of anilines is 1. The van der Waals surface area contributed by atoms with Gasteiger partial charge >= 0.3 is 0 Å². The number of nitrogens with one attached hydrogen (secondary N) is 1. The van der Waals surface area contributed by atoms with Gasteiger partial charge in [-0.05, 0) is 24.6 Å². The molecular formula is C15H17N3O3S. The highest BCUT2D eigenvalue weighted by Crippen LogP contribution is 2.31. The number of benzene rings is 1. The van der Waals surface area contributed by atoms with Crippen molar-refractivity contribution in [2.45, 2.75) is 13.3 Å². The zero-order valence-electron chi connectivity index (χ0n) is 12.1. The molecule has 2 rings (SSSR count). The molecular weight excluding hydrogens is 302 g/mol. The number of aromatic nitrogens is 1. The molecule has 6 nitrogen and oxygen atoms in total. The van der Waals surface area contributed by atoms with Gasteiger partial charge in [-0.3, -0.25) is 14.5 Å². The summed E-state index contributed by atoms with van der Waals surface area (Å²) in [5.41, 5.74) is 7.01. The number of nitrogens with two attached hydrogens (primary N) is 1. The van der Waals surface area contributed by atoms with Gasteiger partial charge in [0.2, 0.25) is 15.9 Å². The van der Waals surface area contributed by atoms with Crippen molar-refractivity contribution >= 4 is 21.6 Å². The summed E-state index contributed by atoms with van der Waals surface area (Å²) in [6.45, 7) is 1.78. The normalized spacial score (nSPS) is 11.1. The van der Waals surface area contributed by atoms with Crippen LogP contribution in [-0.2, 0) is 10.0 Å². The first-order chi connectivity index (χ1) is 10.4. The summed E-state index contributed by atoms with van der Waals surface area (Å²) >= 11 is 0. The Labute approximate surface area is 129 Å². The van der Waals surface area contributed by atoms with Crippen molar-refractivity contribution < 1.29 is 13.2 Å². The molecule has 116 valence electrons. The Bertz CT molecular complexity index is 774. The van der Waals surface area contributed by atoms with Gasteiger partial charge in [0, 0.05) is 29.1 Å². The largest absolute Gasteiger partial charge is 0.366 e. The summed E-state index contributed by atoms with van der Waals surface area (Å²) in [7, 11) is -3.48. The quantitative estimate of drug-likeness (QED) is 0.850. The van der Waals surface area contributed by atoms with Gasteiger partial charge in [0.15, 0.2) is 0 Å². The smallest absolute Gasteiger partial charge is 0.249 e. The van der Waals surface area contributed by atoms with Gasteiger partial charge < -0.3 is 5.73 Å². The van der Waals surface area contributed by atoms with Crippen molar-refractivity contribution in [2.75, 3.05) is 10.5 Å². The lowest BCUT2D eigenvalue weighted by molar-refractivity contribution is 0.100.